The summed E-state index contributed by atoms with van der Waals surface area (Å²) in [6.45, 7) is 2.10. The first kappa shape index (κ1) is 14.1. The minimum absolute atomic E-state index is 0.115. The number of rotatable bonds is 2. The molecular formula is C18H23NO3. The maximum Gasteiger partial charge on any atom is 0.225 e. The standard InChI is InChI=1S/C18H23NO3/c20-12-18-8-14-4-1-2-7-16(14)22-10-15(18)9-19(11-18)17(21)13-5-3-6-13/h1-2,4,7,13,15,20H,3,5-6,8-12H2/t15-,18-/m1/s1. The molecule has 1 aromatic carbocycles. The molecule has 0 spiro atoms. The number of amides is 1. The van der Waals surface area contributed by atoms with Gasteiger partial charge in [0.2, 0.25) is 5.91 Å². The Kier molecular flexibility index (Phi) is 3.37. The molecule has 0 unspecified atom stereocenters. The minimum Gasteiger partial charge on any atom is -0.493 e. The van der Waals surface area contributed by atoms with E-state index in [-0.39, 0.29) is 23.9 Å². The summed E-state index contributed by atoms with van der Waals surface area (Å²) < 4.78 is 5.97. The summed E-state index contributed by atoms with van der Waals surface area (Å²) in [7, 11) is 0. The normalized spacial score (nSPS) is 30.8. The van der Waals surface area contributed by atoms with Gasteiger partial charge in [-0.25, -0.2) is 0 Å². The number of nitrogens with zero attached hydrogens (tertiary/aromatic N) is 1. The van der Waals surface area contributed by atoms with Gasteiger partial charge in [-0.05, 0) is 30.9 Å². The van der Waals surface area contributed by atoms with E-state index in [0.717, 1.165) is 37.1 Å². The second-order valence-corrected chi connectivity index (χ2v) is 7.16. The Morgan fingerprint density at radius 3 is 2.91 bits per heavy atom. The summed E-state index contributed by atoms with van der Waals surface area (Å²) in [5.41, 5.74) is 0.906. The third-order valence-corrected chi connectivity index (χ3v) is 5.85. The highest BCUT2D eigenvalue weighted by Gasteiger charge is 2.50. The summed E-state index contributed by atoms with van der Waals surface area (Å²) in [5.74, 6) is 1.67. The van der Waals surface area contributed by atoms with Crippen LogP contribution in [0.1, 0.15) is 24.8 Å². The Morgan fingerprint density at radius 2 is 2.18 bits per heavy atom. The average Bonchev–Trinajstić information content (AvgIpc) is 2.76. The Bertz CT molecular complexity index is 583. The Hall–Kier alpha value is -1.55. The maximum absolute atomic E-state index is 12.6. The zero-order valence-corrected chi connectivity index (χ0v) is 12.8. The third kappa shape index (κ3) is 2.12. The van der Waals surface area contributed by atoms with Crippen LogP contribution in [0.15, 0.2) is 24.3 Å². The first-order chi connectivity index (χ1) is 10.7. The summed E-state index contributed by atoms with van der Waals surface area (Å²) in [4.78, 5) is 14.6. The van der Waals surface area contributed by atoms with Crippen LogP contribution in [0.25, 0.3) is 0 Å². The lowest BCUT2D eigenvalue weighted by Crippen LogP contribution is -2.40. The summed E-state index contributed by atoms with van der Waals surface area (Å²) in [6.07, 6.45) is 4.03. The molecule has 3 aliphatic rings. The van der Waals surface area contributed by atoms with E-state index in [0.29, 0.717) is 19.1 Å². The summed E-state index contributed by atoms with van der Waals surface area (Å²) in [6, 6.07) is 8.07. The minimum atomic E-state index is -0.244. The smallest absolute Gasteiger partial charge is 0.225 e. The molecule has 0 radical (unpaired) electrons. The highest BCUT2D eigenvalue weighted by atomic mass is 16.5. The molecule has 2 heterocycles. The van der Waals surface area contributed by atoms with Crippen LogP contribution in [-0.4, -0.2) is 42.2 Å². The quantitative estimate of drug-likeness (QED) is 0.907. The van der Waals surface area contributed by atoms with Crippen molar-refractivity contribution in [3.8, 4) is 5.75 Å². The number of ether oxygens (including phenoxy) is 1. The largest absolute Gasteiger partial charge is 0.493 e. The van der Waals surface area contributed by atoms with Gasteiger partial charge in [-0.15, -0.1) is 0 Å². The van der Waals surface area contributed by atoms with Crippen molar-refractivity contribution in [2.45, 2.75) is 25.7 Å². The fourth-order valence-electron chi connectivity index (χ4n) is 4.14. The molecule has 0 bridgehead atoms. The van der Waals surface area contributed by atoms with Crippen LogP contribution in [0, 0.1) is 17.3 Å². The summed E-state index contributed by atoms with van der Waals surface area (Å²) in [5, 5.41) is 10.1. The topological polar surface area (TPSA) is 49.8 Å². The number of aliphatic hydroxyl groups excluding tert-OH is 1. The third-order valence-electron chi connectivity index (χ3n) is 5.85. The van der Waals surface area contributed by atoms with Gasteiger partial charge in [-0.2, -0.15) is 0 Å². The number of carbonyl (C=O) groups excluding carboxylic acids is 1. The van der Waals surface area contributed by atoms with Crippen LogP contribution in [-0.2, 0) is 11.2 Å². The number of aliphatic hydroxyl groups is 1. The van der Waals surface area contributed by atoms with Crippen LogP contribution in [0.2, 0.25) is 0 Å². The van der Waals surface area contributed by atoms with Gasteiger partial charge in [0.1, 0.15) is 5.75 Å². The second kappa shape index (κ2) is 5.27. The van der Waals surface area contributed by atoms with Crippen molar-refractivity contribution in [2.24, 2.45) is 17.3 Å². The van der Waals surface area contributed by atoms with E-state index >= 15 is 0 Å². The van der Waals surface area contributed by atoms with Gasteiger partial charge in [-0.1, -0.05) is 24.6 Å². The van der Waals surface area contributed by atoms with E-state index in [1.807, 2.05) is 23.1 Å². The van der Waals surface area contributed by atoms with Gasteiger partial charge in [0.25, 0.3) is 0 Å². The molecule has 0 aromatic heterocycles. The van der Waals surface area contributed by atoms with Gasteiger partial charge in [0.15, 0.2) is 0 Å². The molecule has 22 heavy (non-hydrogen) atoms. The molecule has 4 nitrogen and oxygen atoms in total. The van der Waals surface area contributed by atoms with Crippen molar-refractivity contribution in [2.75, 3.05) is 26.3 Å². The monoisotopic (exact) mass is 301 g/mol. The zero-order valence-electron chi connectivity index (χ0n) is 12.8. The van der Waals surface area contributed by atoms with Crippen molar-refractivity contribution in [3.05, 3.63) is 29.8 Å². The van der Waals surface area contributed by atoms with Crippen LogP contribution in [0.4, 0.5) is 0 Å². The fourth-order valence-corrected chi connectivity index (χ4v) is 4.14. The molecule has 1 saturated carbocycles. The van der Waals surface area contributed by atoms with Crippen molar-refractivity contribution in [1.82, 2.24) is 4.90 Å². The average molecular weight is 301 g/mol. The van der Waals surface area contributed by atoms with Gasteiger partial charge in [0, 0.05) is 30.3 Å². The van der Waals surface area contributed by atoms with Crippen LogP contribution in [0.3, 0.4) is 0 Å². The zero-order chi connectivity index (χ0) is 15.2. The number of para-hydroxylation sites is 1. The molecule has 1 amide bonds. The molecule has 1 N–H and O–H groups in total. The first-order valence-electron chi connectivity index (χ1n) is 8.32. The molecule has 4 heteroatoms. The van der Waals surface area contributed by atoms with Gasteiger partial charge in [-0.3, -0.25) is 4.79 Å². The predicted octanol–water partition coefficient (Wildman–Crippen LogP) is 1.86. The van der Waals surface area contributed by atoms with E-state index in [1.54, 1.807) is 0 Å². The van der Waals surface area contributed by atoms with Crippen molar-refractivity contribution < 1.29 is 14.6 Å². The molecule has 2 fully saturated rings. The van der Waals surface area contributed by atoms with Crippen molar-refractivity contribution in [1.29, 1.82) is 0 Å². The molecule has 1 saturated heterocycles. The lowest BCUT2D eigenvalue weighted by molar-refractivity contribution is -0.137. The molecule has 118 valence electrons. The van der Waals surface area contributed by atoms with Crippen LogP contribution in [0.5, 0.6) is 5.75 Å². The Labute approximate surface area is 131 Å². The number of likely N-dealkylation sites (tertiary alicyclic amines) is 1. The van der Waals surface area contributed by atoms with E-state index in [1.165, 1.54) is 6.42 Å². The Morgan fingerprint density at radius 1 is 1.36 bits per heavy atom. The SMILES string of the molecule is O=C(C1CCC1)N1C[C@@H]2COc3ccccc3C[C@]2(CO)C1. The van der Waals surface area contributed by atoms with Crippen LogP contribution < -0.4 is 4.74 Å². The van der Waals surface area contributed by atoms with E-state index in [2.05, 4.69) is 6.07 Å². The van der Waals surface area contributed by atoms with Crippen molar-refractivity contribution in [3.63, 3.8) is 0 Å². The summed E-state index contributed by atoms with van der Waals surface area (Å²) >= 11 is 0. The molecule has 2 aliphatic heterocycles. The molecular weight excluding hydrogens is 278 g/mol. The predicted molar refractivity (Wildman–Crippen MR) is 82.6 cm³/mol. The number of hydrogen-bond acceptors (Lipinski definition) is 3. The first-order valence-corrected chi connectivity index (χ1v) is 8.32. The van der Waals surface area contributed by atoms with Crippen molar-refractivity contribution >= 4 is 5.91 Å². The van der Waals surface area contributed by atoms with Crippen LogP contribution >= 0.6 is 0 Å². The number of hydrogen-bond donors (Lipinski definition) is 1. The van der Waals surface area contributed by atoms with Gasteiger partial charge < -0.3 is 14.7 Å². The highest BCUT2D eigenvalue weighted by molar-refractivity contribution is 5.80. The molecule has 1 aliphatic carbocycles. The lowest BCUT2D eigenvalue weighted by atomic mass is 9.75. The molecule has 4 rings (SSSR count). The van der Waals surface area contributed by atoms with E-state index in [9.17, 15) is 9.90 Å². The number of fused-ring (bicyclic) bond motifs is 2. The fraction of sp³-hybridized carbons (Fsp3) is 0.611. The number of carbonyl (C=O) groups is 1. The number of benzene rings is 1. The molecule has 1 aromatic rings. The maximum atomic E-state index is 12.6. The second-order valence-electron chi connectivity index (χ2n) is 7.16. The highest BCUT2D eigenvalue weighted by Crippen LogP contribution is 2.44. The molecule has 2 atom stereocenters. The van der Waals surface area contributed by atoms with Gasteiger partial charge >= 0.3 is 0 Å². The van der Waals surface area contributed by atoms with Gasteiger partial charge in [0.05, 0.1) is 13.2 Å². The Balaban J connectivity index is 1.59. The van der Waals surface area contributed by atoms with E-state index in [4.69, 9.17) is 4.74 Å². The van der Waals surface area contributed by atoms with E-state index < -0.39 is 0 Å². The lowest BCUT2D eigenvalue weighted by Gasteiger charge is -2.32.